The second-order valence-corrected chi connectivity index (χ2v) is 3.60. The fraction of sp³-hybridized carbons (Fsp3) is 0.455. The van der Waals surface area contributed by atoms with Crippen LogP contribution >= 0.6 is 24.0 Å². The maximum atomic E-state index is 8.75. The third kappa shape index (κ3) is 5.03. The topological polar surface area (TPSA) is 55.5 Å². The van der Waals surface area contributed by atoms with Crippen LogP contribution in [0, 0.1) is 0 Å². The van der Waals surface area contributed by atoms with Gasteiger partial charge in [-0.2, -0.15) is 0 Å². The Balaban J connectivity index is 0.00000225. The van der Waals surface area contributed by atoms with Crippen molar-refractivity contribution in [2.75, 3.05) is 19.1 Å². The van der Waals surface area contributed by atoms with Crippen LogP contribution in [0.5, 0.6) is 5.75 Å². The van der Waals surface area contributed by atoms with Gasteiger partial charge in [-0.05, 0) is 24.1 Å². The molecule has 0 bridgehead atoms. The molecule has 0 amide bonds. The van der Waals surface area contributed by atoms with Crippen LogP contribution in [0.15, 0.2) is 24.3 Å². The maximum Gasteiger partial charge on any atom is 0.119 e. The van der Waals surface area contributed by atoms with E-state index in [1.54, 1.807) is 0 Å². The highest BCUT2D eigenvalue weighted by Gasteiger charge is 2.04. The summed E-state index contributed by atoms with van der Waals surface area (Å²) in [6, 6.07) is 7.42. The summed E-state index contributed by atoms with van der Waals surface area (Å²) < 4.78 is 5.33. The third-order valence-electron chi connectivity index (χ3n) is 2.09. The lowest BCUT2D eigenvalue weighted by Gasteiger charge is -2.11. The van der Waals surface area contributed by atoms with E-state index < -0.39 is 0 Å². The highest BCUT2D eigenvalue weighted by molar-refractivity contribution is 6.17. The van der Waals surface area contributed by atoms with E-state index in [9.17, 15) is 0 Å². The van der Waals surface area contributed by atoms with E-state index in [1.807, 2.05) is 24.3 Å². The fourth-order valence-corrected chi connectivity index (χ4v) is 1.35. The number of aliphatic hydroxyl groups is 1. The van der Waals surface area contributed by atoms with Crippen molar-refractivity contribution in [3.63, 3.8) is 0 Å². The van der Waals surface area contributed by atoms with E-state index in [2.05, 4.69) is 0 Å². The van der Waals surface area contributed by atoms with E-state index in [0.717, 1.165) is 11.3 Å². The molecule has 3 nitrogen and oxygen atoms in total. The molecular weight excluding hydrogens is 249 g/mol. The summed E-state index contributed by atoms with van der Waals surface area (Å²) in [4.78, 5) is 0. The van der Waals surface area contributed by atoms with Crippen LogP contribution in [0.25, 0.3) is 0 Å². The molecule has 1 aromatic carbocycles. The Bertz CT molecular complexity index is 280. The Labute approximate surface area is 107 Å². The van der Waals surface area contributed by atoms with Crippen molar-refractivity contribution in [1.29, 1.82) is 0 Å². The predicted octanol–water partition coefficient (Wildman–Crippen LogP) is 2.11. The quantitative estimate of drug-likeness (QED) is 0.775. The summed E-state index contributed by atoms with van der Waals surface area (Å²) in [5.74, 6) is 1.27. The fourth-order valence-electron chi connectivity index (χ4n) is 1.27. The molecule has 92 valence electrons. The maximum absolute atomic E-state index is 8.75. The molecule has 1 atom stereocenters. The lowest BCUT2D eigenvalue weighted by Crippen LogP contribution is -2.11. The second kappa shape index (κ2) is 8.65. The molecular formula is C11H17Cl2NO2. The van der Waals surface area contributed by atoms with Crippen molar-refractivity contribution in [2.45, 2.75) is 12.5 Å². The molecule has 0 aliphatic heterocycles. The van der Waals surface area contributed by atoms with Gasteiger partial charge < -0.3 is 15.6 Å². The van der Waals surface area contributed by atoms with Crippen molar-refractivity contribution < 1.29 is 9.84 Å². The molecule has 1 rings (SSSR count). The molecule has 0 saturated heterocycles. The second-order valence-electron chi connectivity index (χ2n) is 3.23. The predicted molar refractivity (Wildman–Crippen MR) is 68.5 cm³/mol. The van der Waals surface area contributed by atoms with Crippen LogP contribution < -0.4 is 10.5 Å². The number of ether oxygens (including phenoxy) is 1. The van der Waals surface area contributed by atoms with Gasteiger partial charge >= 0.3 is 0 Å². The lowest BCUT2D eigenvalue weighted by molar-refractivity contribution is 0.276. The zero-order valence-corrected chi connectivity index (χ0v) is 10.5. The first-order chi connectivity index (χ1) is 7.27. The smallest absolute Gasteiger partial charge is 0.119 e. The summed E-state index contributed by atoms with van der Waals surface area (Å²) in [5.41, 5.74) is 6.84. The molecule has 0 heterocycles. The molecule has 0 aliphatic rings. The van der Waals surface area contributed by atoms with Gasteiger partial charge in [0.15, 0.2) is 0 Å². The Morgan fingerprint density at radius 2 is 1.94 bits per heavy atom. The highest BCUT2D eigenvalue weighted by atomic mass is 35.5. The van der Waals surface area contributed by atoms with Crippen LogP contribution in [0.1, 0.15) is 18.0 Å². The molecule has 0 aromatic heterocycles. The van der Waals surface area contributed by atoms with Crippen LogP contribution in [0.4, 0.5) is 0 Å². The Morgan fingerprint density at radius 3 is 2.44 bits per heavy atom. The number of benzene rings is 1. The van der Waals surface area contributed by atoms with Gasteiger partial charge in [0.2, 0.25) is 0 Å². The molecule has 1 unspecified atom stereocenters. The minimum atomic E-state index is -0.114. The molecule has 0 saturated carbocycles. The zero-order chi connectivity index (χ0) is 11.1. The average molecular weight is 266 g/mol. The standard InChI is InChI=1S/C11H16ClNO2.ClH/c12-6-8-15-10-3-1-9(2-4-10)11(13)5-7-14;/h1-4,11,14H,5-8,13H2;1H. The minimum absolute atomic E-state index is 0. The molecule has 3 N–H and O–H groups in total. The molecule has 0 aliphatic carbocycles. The first kappa shape index (κ1) is 15.5. The number of hydrogen-bond donors (Lipinski definition) is 2. The number of rotatable bonds is 6. The Kier molecular flexibility index (Phi) is 8.39. The van der Waals surface area contributed by atoms with Gasteiger partial charge in [-0.1, -0.05) is 12.1 Å². The van der Waals surface area contributed by atoms with Crippen molar-refractivity contribution in [2.24, 2.45) is 5.73 Å². The first-order valence-corrected chi connectivity index (χ1v) is 5.46. The average Bonchev–Trinajstić information content (AvgIpc) is 2.27. The minimum Gasteiger partial charge on any atom is -0.492 e. The van der Waals surface area contributed by atoms with Gasteiger partial charge in [-0.3, -0.25) is 0 Å². The third-order valence-corrected chi connectivity index (χ3v) is 2.25. The molecule has 0 radical (unpaired) electrons. The molecule has 0 fully saturated rings. The molecule has 1 aromatic rings. The first-order valence-electron chi connectivity index (χ1n) is 4.93. The Hall–Kier alpha value is -0.480. The van der Waals surface area contributed by atoms with Gasteiger partial charge in [0.05, 0.1) is 5.88 Å². The van der Waals surface area contributed by atoms with Crippen LogP contribution in [0.2, 0.25) is 0 Å². The van der Waals surface area contributed by atoms with Gasteiger partial charge in [0.1, 0.15) is 12.4 Å². The molecule has 0 spiro atoms. The lowest BCUT2D eigenvalue weighted by atomic mass is 10.1. The highest BCUT2D eigenvalue weighted by Crippen LogP contribution is 2.18. The summed E-state index contributed by atoms with van der Waals surface area (Å²) in [6.45, 7) is 0.606. The normalized spacial score (nSPS) is 11.7. The van der Waals surface area contributed by atoms with Crippen molar-refractivity contribution in [3.05, 3.63) is 29.8 Å². The summed E-state index contributed by atoms with van der Waals surface area (Å²) in [5, 5.41) is 8.75. The number of halogens is 2. The van der Waals surface area contributed by atoms with Gasteiger partial charge in [0, 0.05) is 12.6 Å². The number of hydrogen-bond acceptors (Lipinski definition) is 3. The summed E-state index contributed by atoms with van der Waals surface area (Å²) >= 11 is 5.50. The Morgan fingerprint density at radius 1 is 1.31 bits per heavy atom. The zero-order valence-electron chi connectivity index (χ0n) is 8.93. The SMILES string of the molecule is Cl.NC(CCO)c1ccc(OCCCl)cc1. The van der Waals surface area contributed by atoms with E-state index in [4.69, 9.17) is 27.2 Å². The monoisotopic (exact) mass is 265 g/mol. The van der Waals surface area contributed by atoms with E-state index in [-0.39, 0.29) is 25.1 Å². The van der Waals surface area contributed by atoms with Gasteiger partial charge in [-0.25, -0.2) is 0 Å². The largest absolute Gasteiger partial charge is 0.492 e. The van der Waals surface area contributed by atoms with E-state index in [0.29, 0.717) is 18.9 Å². The van der Waals surface area contributed by atoms with Crippen molar-refractivity contribution in [3.8, 4) is 5.75 Å². The summed E-state index contributed by atoms with van der Waals surface area (Å²) in [7, 11) is 0. The van der Waals surface area contributed by atoms with Crippen LogP contribution in [0.3, 0.4) is 0 Å². The van der Waals surface area contributed by atoms with Crippen molar-refractivity contribution >= 4 is 24.0 Å². The van der Waals surface area contributed by atoms with Crippen LogP contribution in [-0.2, 0) is 0 Å². The van der Waals surface area contributed by atoms with Crippen LogP contribution in [-0.4, -0.2) is 24.2 Å². The van der Waals surface area contributed by atoms with Gasteiger partial charge in [0.25, 0.3) is 0 Å². The number of aliphatic hydroxyl groups excluding tert-OH is 1. The number of nitrogens with two attached hydrogens (primary N) is 1. The van der Waals surface area contributed by atoms with Crippen molar-refractivity contribution in [1.82, 2.24) is 0 Å². The van der Waals surface area contributed by atoms with Gasteiger partial charge in [-0.15, -0.1) is 24.0 Å². The molecule has 16 heavy (non-hydrogen) atoms. The molecule has 5 heteroatoms. The van der Waals surface area contributed by atoms with E-state index >= 15 is 0 Å². The summed E-state index contributed by atoms with van der Waals surface area (Å²) in [6.07, 6.45) is 0.571. The number of alkyl halides is 1. The van der Waals surface area contributed by atoms with E-state index in [1.165, 1.54) is 0 Å².